The maximum Gasteiger partial charge on any atom is 0.243 e. The fraction of sp³-hybridized carbons (Fsp3) is 0.533. The van der Waals surface area contributed by atoms with E-state index >= 15 is 0 Å². The summed E-state index contributed by atoms with van der Waals surface area (Å²) in [6, 6.07) is 6.38. The van der Waals surface area contributed by atoms with E-state index in [0.717, 1.165) is 19.3 Å². The highest BCUT2D eigenvalue weighted by atomic mass is 32.2. The van der Waals surface area contributed by atoms with Gasteiger partial charge in [-0.3, -0.25) is 0 Å². The van der Waals surface area contributed by atoms with Crippen LogP contribution >= 0.6 is 0 Å². The molecule has 0 unspecified atom stereocenters. The van der Waals surface area contributed by atoms with Crippen molar-refractivity contribution in [3.05, 3.63) is 29.3 Å². The van der Waals surface area contributed by atoms with Gasteiger partial charge in [-0.15, -0.1) is 0 Å². The largest absolute Gasteiger partial charge is 0.326 e. The molecule has 1 aromatic rings. The normalized spacial score (nSPS) is 21.7. The Hall–Kier alpha value is -1.42. The Morgan fingerprint density at radius 1 is 1.43 bits per heavy atom. The minimum atomic E-state index is -3.62. The Morgan fingerprint density at radius 3 is 2.76 bits per heavy atom. The van der Waals surface area contributed by atoms with E-state index in [1.54, 1.807) is 19.1 Å². The lowest BCUT2D eigenvalue weighted by Crippen LogP contribution is -2.51. The van der Waals surface area contributed by atoms with E-state index in [9.17, 15) is 8.42 Å². The first kappa shape index (κ1) is 16.0. The van der Waals surface area contributed by atoms with Crippen LogP contribution < -0.4 is 5.73 Å². The van der Waals surface area contributed by atoms with Crippen molar-refractivity contribution in [2.24, 2.45) is 5.73 Å². The number of hydrogen-bond acceptors (Lipinski definition) is 4. The quantitative estimate of drug-likeness (QED) is 0.921. The van der Waals surface area contributed by atoms with Gasteiger partial charge in [0.2, 0.25) is 10.0 Å². The second kappa shape index (κ2) is 6.14. The Labute approximate surface area is 126 Å². The van der Waals surface area contributed by atoms with Crippen molar-refractivity contribution in [1.82, 2.24) is 4.31 Å². The van der Waals surface area contributed by atoms with Gasteiger partial charge in [0, 0.05) is 18.6 Å². The summed E-state index contributed by atoms with van der Waals surface area (Å²) >= 11 is 0. The van der Waals surface area contributed by atoms with E-state index in [0.29, 0.717) is 17.7 Å². The van der Waals surface area contributed by atoms with Crippen molar-refractivity contribution in [3.63, 3.8) is 0 Å². The molecule has 0 bridgehead atoms. The van der Waals surface area contributed by atoms with Gasteiger partial charge in [-0.1, -0.05) is 12.5 Å². The van der Waals surface area contributed by atoms with Crippen molar-refractivity contribution < 1.29 is 8.42 Å². The Kier molecular flexibility index (Phi) is 4.67. The Bertz CT molecular complexity index is 662. The highest BCUT2D eigenvalue weighted by Crippen LogP contribution is 2.28. The summed E-state index contributed by atoms with van der Waals surface area (Å²) in [6.07, 6.45) is 2.63. The van der Waals surface area contributed by atoms with Crippen LogP contribution in [-0.4, -0.2) is 31.4 Å². The van der Waals surface area contributed by atoms with E-state index in [-0.39, 0.29) is 17.0 Å². The fourth-order valence-electron chi connectivity index (χ4n) is 2.83. The predicted octanol–water partition coefficient (Wildman–Crippen LogP) is 1.76. The molecule has 0 aliphatic carbocycles. The number of nitrogens with two attached hydrogens (primary N) is 1. The third-order valence-corrected chi connectivity index (χ3v) is 6.08. The van der Waals surface area contributed by atoms with Gasteiger partial charge in [0.25, 0.3) is 0 Å². The molecule has 114 valence electrons. The fourth-order valence-corrected chi connectivity index (χ4v) is 4.86. The van der Waals surface area contributed by atoms with Crippen LogP contribution in [0, 0.1) is 18.3 Å². The third kappa shape index (κ3) is 3.10. The molecule has 1 heterocycles. The minimum absolute atomic E-state index is 0.172. The molecule has 0 aromatic heterocycles. The zero-order valence-electron chi connectivity index (χ0n) is 12.4. The van der Waals surface area contributed by atoms with Crippen LogP contribution in [0.1, 0.15) is 37.3 Å². The number of nitrogens with zero attached hydrogens (tertiary/aromatic N) is 2. The van der Waals surface area contributed by atoms with Crippen LogP contribution in [0.3, 0.4) is 0 Å². The molecule has 21 heavy (non-hydrogen) atoms. The maximum atomic E-state index is 13.0. The van der Waals surface area contributed by atoms with Gasteiger partial charge in [0.1, 0.15) is 0 Å². The summed E-state index contributed by atoms with van der Waals surface area (Å²) < 4.78 is 27.4. The highest BCUT2D eigenvalue weighted by molar-refractivity contribution is 7.89. The number of benzene rings is 1. The molecule has 1 aliphatic rings. The van der Waals surface area contributed by atoms with Gasteiger partial charge in [0.15, 0.2) is 0 Å². The number of nitriles is 1. The molecule has 0 spiro atoms. The average Bonchev–Trinajstić information content (AvgIpc) is 2.47. The van der Waals surface area contributed by atoms with Crippen LogP contribution in [-0.2, 0) is 10.0 Å². The lowest BCUT2D eigenvalue weighted by Gasteiger charge is -2.37. The standard InChI is InChI=1S/C15H21N3O2S/c1-11-6-7-13(10-16)9-15(11)21(19,20)18-8-4-3-5-14(18)12(2)17/h6-7,9,12,14H,3-5,8,17H2,1-2H3/t12-,14-/m1/s1. The van der Waals surface area contributed by atoms with Crippen LogP contribution in [0.4, 0.5) is 0 Å². The Morgan fingerprint density at radius 2 is 2.14 bits per heavy atom. The number of sulfonamides is 1. The van der Waals surface area contributed by atoms with E-state index in [1.165, 1.54) is 10.4 Å². The number of aryl methyl sites for hydroxylation is 1. The second-order valence-corrected chi connectivity index (χ2v) is 7.49. The van der Waals surface area contributed by atoms with Gasteiger partial charge in [0.05, 0.1) is 16.5 Å². The summed E-state index contributed by atoms with van der Waals surface area (Å²) in [4.78, 5) is 0.217. The van der Waals surface area contributed by atoms with Crippen LogP contribution in [0.2, 0.25) is 0 Å². The van der Waals surface area contributed by atoms with Gasteiger partial charge < -0.3 is 5.73 Å². The van der Waals surface area contributed by atoms with E-state index in [1.807, 2.05) is 13.0 Å². The molecule has 2 atom stereocenters. The monoisotopic (exact) mass is 307 g/mol. The smallest absolute Gasteiger partial charge is 0.243 e. The summed E-state index contributed by atoms with van der Waals surface area (Å²) in [7, 11) is -3.62. The molecule has 1 aromatic carbocycles. The molecule has 1 fully saturated rings. The summed E-state index contributed by atoms with van der Waals surface area (Å²) in [5.74, 6) is 0. The highest BCUT2D eigenvalue weighted by Gasteiger charge is 2.36. The van der Waals surface area contributed by atoms with Crippen molar-refractivity contribution in [2.75, 3.05) is 6.54 Å². The van der Waals surface area contributed by atoms with Gasteiger partial charge in [-0.2, -0.15) is 9.57 Å². The molecule has 1 aliphatic heterocycles. The van der Waals surface area contributed by atoms with E-state index in [4.69, 9.17) is 11.0 Å². The molecule has 0 radical (unpaired) electrons. The Balaban J connectivity index is 2.48. The zero-order valence-corrected chi connectivity index (χ0v) is 13.2. The minimum Gasteiger partial charge on any atom is -0.326 e. The maximum absolute atomic E-state index is 13.0. The molecule has 1 saturated heterocycles. The third-order valence-electron chi connectivity index (χ3n) is 4.01. The number of rotatable bonds is 3. The first-order valence-corrected chi connectivity index (χ1v) is 8.60. The van der Waals surface area contributed by atoms with Crippen molar-refractivity contribution in [3.8, 4) is 6.07 Å². The lowest BCUT2D eigenvalue weighted by atomic mass is 10.00. The summed E-state index contributed by atoms with van der Waals surface area (Å²) in [5.41, 5.74) is 6.98. The van der Waals surface area contributed by atoms with Crippen molar-refractivity contribution in [2.45, 2.75) is 50.1 Å². The van der Waals surface area contributed by atoms with Gasteiger partial charge in [-0.05, 0) is 44.4 Å². The van der Waals surface area contributed by atoms with Crippen LogP contribution in [0.25, 0.3) is 0 Å². The van der Waals surface area contributed by atoms with Crippen LogP contribution in [0.15, 0.2) is 23.1 Å². The topological polar surface area (TPSA) is 87.2 Å². The second-order valence-electron chi connectivity index (χ2n) is 5.63. The van der Waals surface area contributed by atoms with E-state index in [2.05, 4.69) is 0 Å². The van der Waals surface area contributed by atoms with Gasteiger partial charge >= 0.3 is 0 Å². The molecule has 2 rings (SSSR count). The summed E-state index contributed by atoms with van der Waals surface area (Å²) in [6.45, 7) is 4.08. The molecule has 2 N–H and O–H groups in total. The number of hydrogen-bond donors (Lipinski definition) is 1. The molecule has 0 amide bonds. The first-order chi connectivity index (χ1) is 9.87. The van der Waals surface area contributed by atoms with E-state index < -0.39 is 10.0 Å². The zero-order chi connectivity index (χ0) is 15.6. The molecule has 6 heteroatoms. The first-order valence-electron chi connectivity index (χ1n) is 7.16. The molecule has 0 saturated carbocycles. The predicted molar refractivity (Wildman–Crippen MR) is 81.1 cm³/mol. The van der Waals surface area contributed by atoms with Crippen molar-refractivity contribution >= 4 is 10.0 Å². The number of piperidine rings is 1. The lowest BCUT2D eigenvalue weighted by molar-refractivity contribution is 0.227. The molecular weight excluding hydrogens is 286 g/mol. The van der Waals surface area contributed by atoms with Crippen LogP contribution in [0.5, 0.6) is 0 Å². The molecular formula is C15H21N3O2S. The summed E-state index contributed by atoms with van der Waals surface area (Å²) in [5, 5.41) is 8.99. The SMILES string of the molecule is Cc1ccc(C#N)cc1S(=O)(=O)N1CCCC[C@@H]1[C@@H](C)N. The molecule has 5 nitrogen and oxygen atoms in total. The average molecular weight is 307 g/mol. The van der Waals surface area contributed by atoms with Gasteiger partial charge in [-0.25, -0.2) is 8.42 Å². The van der Waals surface area contributed by atoms with Crippen molar-refractivity contribution in [1.29, 1.82) is 5.26 Å².